The average molecular weight is 802 g/mol. The van der Waals surface area contributed by atoms with E-state index in [1.807, 2.05) is 18.2 Å². The molecular weight excluding hydrogens is 796 g/mol. The number of fused-ring (bicyclic) bond motifs is 7. The van der Waals surface area contributed by atoms with Crippen LogP contribution in [0, 0.1) is 0 Å². The lowest BCUT2D eigenvalue weighted by atomic mass is 9.60. The smallest absolute Gasteiger partial charge is 0.164 e. The highest BCUT2D eigenvalue weighted by Gasteiger charge is 2.28. The van der Waals surface area contributed by atoms with Crippen molar-refractivity contribution < 1.29 is 8.83 Å². The van der Waals surface area contributed by atoms with Gasteiger partial charge in [-0.25, -0.2) is 15.0 Å². The molecule has 67 heavy (non-hydrogen) atoms. The third-order valence-corrected chi connectivity index (χ3v) is 12.5. The first kappa shape index (κ1) is 45.4. The standard InChI is InChI=1S/C43H6B19N3O2/c44-18-11(12-14-19(45)24(50)31(57)35(61)39(14)66-37(12)33(59)28(18)54)9-5-1-4-8-7(9)3-2-6-10(8)41-63-42(65-43(64-41)17-22(48)26(52)30(56)27(53)23(17)49)16-13-15-20(46)25(51)32(58)36(62)40(15)67-38(13)34(60)29(55)21(16)47/h1-6H. The second kappa shape index (κ2) is 15.9. The van der Waals surface area contributed by atoms with Gasteiger partial charge in [0, 0.05) is 38.2 Å². The molecule has 0 aliphatic rings. The monoisotopic (exact) mass is 805 g/mol. The van der Waals surface area contributed by atoms with E-state index >= 15 is 0 Å². The number of nitrogens with zero attached hydrogens (tertiary/aromatic N) is 3. The molecule has 7 aromatic carbocycles. The van der Waals surface area contributed by atoms with Gasteiger partial charge in [-0.2, -0.15) is 0 Å². The van der Waals surface area contributed by atoms with Crippen molar-refractivity contribution in [2.24, 2.45) is 0 Å². The van der Waals surface area contributed by atoms with Gasteiger partial charge in [-0.15, -0.1) is 49.2 Å². The first-order valence-corrected chi connectivity index (χ1v) is 19.9. The summed E-state index contributed by atoms with van der Waals surface area (Å²) in [6.45, 7) is 0. The minimum atomic E-state index is -0.111. The second-order valence-electron chi connectivity index (χ2n) is 16.0. The Kier molecular flexibility index (Phi) is 10.8. The molecule has 0 N–H and O–H groups in total. The Morgan fingerprint density at radius 3 is 1.03 bits per heavy atom. The van der Waals surface area contributed by atoms with Crippen molar-refractivity contribution in [1.29, 1.82) is 0 Å². The lowest BCUT2D eigenvalue weighted by Crippen LogP contribution is -2.55. The van der Waals surface area contributed by atoms with Crippen LogP contribution in [0.4, 0.5) is 0 Å². The Morgan fingerprint density at radius 2 is 0.552 bits per heavy atom. The Bertz CT molecular complexity index is 3910. The van der Waals surface area contributed by atoms with Gasteiger partial charge < -0.3 is 8.83 Å². The molecule has 0 spiro atoms. The van der Waals surface area contributed by atoms with Gasteiger partial charge in [0.2, 0.25) is 0 Å². The molecule has 24 heteroatoms. The molecule has 262 valence electrons. The second-order valence-corrected chi connectivity index (χ2v) is 16.0. The van der Waals surface area contributed by atoms with Crippen LogP contribution >= 0.6 is 0 Å². The minimum absolute atomic E-state index is 0.00612. The van der Waals surface area contributed by atoms with Gasteiger partial charge in [0.05, 0.1) is 0 Å². The summed E-state index contributed by atoms with van der Waals surface area (Å²) in [4.78, 5) is 14.8. The van der Waals surface area contributed by atoms with Crippen LogP contribution in [-0.4, -0.2) is 164 Å². The molecule has 3 aromatic heterocycles. The molecule has 38 radical (unpaired) electrons. The van der Waals surface area contributed by atoms with E-state index in [0.29, 0.717) is 38.2 Å². The Hall–Kier alpha value is -5.36. The van der Waals surface area contributed by atoms with Crippen molar-refractivity contribution in [2.45, 2.75) is 0 Å². The zero-order valence-electron chi connectivity index (χ0n) is 35.1. The molecule has 0 bridgehead atoms. The number of aromatic nitrogens is 3. The normalized spacial score (nSPS) is 11.8. The maximum absolute atomic E-state index is 6.88. The summed E-state index contributed by atoms with van der Waals surface area (Å²) in [7, 11) is 124. The number of hydrogen-bond acceptors (Lipinski definition) is 5. The largest absolute Gasteiger partial charge is 0.457 e. The van der Waals surface area contributed by atoms with Gasteiger partial charge in [0.25, 0.3) is 0 Å². The van der Waals surface area contributed by atoms with Crippen LogP contribution in [0.2, 0.25) is 0 Å². The molecule has 10 aromatic rings. The molecule has 0 aliphatic heterocycles. The molecule has 0 saturated heterocycles. The van der Waals surface area contributed by atoms with Crippen molar-refractivity contribution in [2.75, 3.05) is 0 Å². The molecule has 10 rings (SSSR count). The lowest BCUT2D eigenvalue weighted by molar-refractivity contribution is 0.674. The summed E-state index contributed by atoms with van der Waals surface area (Å²) in [6.07, 6.45) is 0. The van der Waals surface area contributed by atoms with E-state index < -0.39 is 0 Å². The van der Waals surface area contributed by atoms with Gasteiger partial charge in [-0.3, -0.25) is 0 Å². The van der Waals surface area contributed by atoms with Crippen LogP contribution < -0.4 is 104 Å². The Morgan fingerprint density at radius 1 is 0.254 bits per heavy atom. The summed E-state index contributed by atoms with van der Waals surface area (Å²) in [5, 5.41) is 2.31. The third kappa shape index (κ3) is 6.25. The van der Waals surface area contributed by atoms with Crippen LogP contribution in [-0.2, 0) is 0 Å². The highest BCUT2D eigenvalue weighted by molar-refractivity contribution is 6.72. The summed E-state index contributed by atoms with van der Waals surface area (Å²) in [5.41, 5.74) is 1.77. The Balaban J connectivity index is 1.34. The number of benzene rings is 7. The fourth-order valence-electron chi connectivity index (χ4n) is 8.83. The van der Waals surface area contributed by atoms with E-state index in [9.17, 15) is 0 Å². The van der Waals surface area contributed by atoms with Crippen LogP contribution in [0.5, 0.6) is 0 Å². The molecular formula is C43H6B19N3O2. The number of rotatable bonds is 4. The molecule has 0 atom stereocenters. The van der Waals surface area contributed by atoms with Crippen molar-refractivity contribution in [3.8, 4) is 45.3 Å². The molecule has 0 aliphatic carbocycles. The van der Waals surface area contributed by atoms with Crippen molar-refractivity contribution in [3.05, 3.63) is 36.4 Å². The van der Waals surface area contributed by atoms with Gasteiger partial charge in [0.15, 0.2) is 17.5 Å². The summed E-state index contributed by atoms with van der Waals surface area (Å²) in [6, 6.07) is 10.8. The molecule has 0 saturated carbocycles. The van der Waals surface area contributed by atoms with E-state index in [1.54, 1.807) is 18.2 Å². The van der Waals surface area contributed by atoms with Crippen molar-refractivity contribution in [1.82, 2.24) is 15.0 Å². The lowest BCUT2D eigenvalue weighted by Gasteiger charge is -2.22. The van der Waals surface area contributed by atoms with Gasteiger partial charge in [0.1, 0.15) is 171 Å². The van der Waals surface area contributed by atoms with E-state index in [4.69, 9.17) is 173 Å². The SMILES string of the molecule is [B]c1c([B])c([B])c(-c2nc(-c3cccc4c(-c5c([B])c([B])c([B])c6oc7c([B])c([B])c([B])c([B])c7c56)cccc34)nc(-c3c([B])c([B])c([B])c4oc5c([B])c([B])c([B])c([B])c5c34)n2)c([B])c1[B]. The molecule has 0 fully saturated rings. The molecule has 0 amide bonds. The summed E-state index contributed by atoms with van der Waals surface area (Å²) >= 11 is 0. The van der Waals surface area contributed by atoms with Gasteiger partial charge in [-0.05, 0) is 21.9 Å². The predicted molar refractivity (Wildman–Crippen MR) is 296 cm³/mol. The van der Waals surface area contributed by atoms with Gasteiger partial charge in [-0.1, -0.05) is 91.0 Å². The predicted octanol–water partition coefficient (Wildman–Crippen LogP) is -11.4. The van der Waals surface area contributed by atoms with Crippen molar-refractivity contribution in [3.63, 3.8) is 0 Å². The summed E-state index contributed by atoms with van der Waals surface area (Å²) in [5.74, 6) is -0.162. The number of furan rings is 2. The van der Waals surface area contributed by atoms with Crippen LogP contribution in [0.1, 0.15) is 0 Å². The number of hydrogen-bond donors (Lipinski definition) is 0. The van der Waals surface area contributed by atoms with Crippen LogP contribution in [0.15, 0.2) is 45.2 Å². The van der Waals surface area contributed by atoms with Crippen LogP contribution in [0.25, 0.3) is 99.9 Å². The average Bonchev–Trinajstić information content (AvgIpc) is 3.92. The fraction of sp³-hybridized carbons (Fsp3) is 0. The quantitative estimate of drug-likeness (QED) is 0.166. The molecule has 3 heterocycles. The van der Waals surface area contributed by atoms with Gasteiger partial charge >= 0.3 is 0 Å². The van der Waals surface area contributed by atoms with E-state index in [1.165, 1.54) is 0 Å². The summed E-state index contributed by atoms with van der Waals surface area (Å²) < 4.78 is 12.5. The van der Waals surface area contributed by atoms with E-state index in [-0.39, 0.29) is 165 Å². The first-order valence-electron chi connectivity index (χ1n) is 19.9. The zero-order chi connectivity index (χ0) is 48.1. The molecule has 5 nitrogen and oxygen atoms in total. The maximum atomic E-state index is 6.88. The highest BCUT2D eigenvalue weighted by Crippen LogP contribution is 2.39. The third-order valence-electron chi connectivity index (χ3n) is 12.5. The van der Waals surface area contributed by atoms with E-state index in [0.717, 1.165) is 0 Å². The first-order chi connectivity index (χ1) is 31.7. The maximum Gasteiger partial charge on any atom is 0.164 e. The Labute approximate surface area is 410 Å². The van der Waals surface area contributed by atoms with E-state index in [2.05, 4.69) is 0 Å². The minimum Gasteiger partial charge on any atom is -0.457 e. The fourth-order valence-corrected chi connectivity index (χ4v) is 8.83. The zero-order valence-corrected chi connectivity index (χ0v) is 35.1. The van der Waals surface area contributed by atoms with Crippen LogP contribution in [0.3, 0.4) is 0 Å². The molecule has 0 unspecified atom stereocenters. The highest BCUT2D eigenvalue weighted by atomic mass is 16.3. The topological polar surface area (TPSA) is 65.0 Å². The van der Waals surface area contributed by atoms with Crippen molar-refractivity contribution >= 4 is 308 Å².